The van der Waals surface area contributed by atoms with Crippen molar-refractivity contribution in [2.45, 2.75) is 137 Å². The average Bonchev–Trinajstić information content (AvgIpc) is 3.44. The van der Waals surface area contributed by atoms with E-state index in [4.69, 9.17) is 11.6 Å². The highest BCUT2D eigenvalue weighted by atomic mass is 35.5. The molecular formula is C27H55ClN2O2. The molecule has 1 aliphatic heterocycles. The minimum absolute atomic E-state index is 0.0651. The Morgan fingerprint density at radius 3 is 2.12 bits per heavy atom. The molecule has 0 aromatic rings. The van der Waals surface area contributed by atoms with Crippen LogP contribution in [0.3, 0.4) is 0 Å². The van der Waals surface area contributed by atoms with Gasteiger partial charge in [-0.05, 0) is 64.2 Å². The Kier molecular flexibility index (Phi) is 17.3. The molecule has 0 amide bonds. The van der Waals surface area contributed by atoms with E-state index in [9.17, 15) is 10.2 Å². The van der Waals surface area contributed by atoms with Gasteiger partial charge in [0.25, 0.3) is 0 Å². The van der Waals surface area contributed by atoms with Gasteiger partial charge in [-0.25, -0.2) is 0 Å². The van der Waals surface area contributed by atoms with Crippen molar-refractivity contribution < 1.29 is 10.2 Å². The molecule has 2 aliphatic carbocycles. The second-order valence-corrected chi connectivity index (χ2v) is 10.0. The number of hydrogen-bond donors (Lipinski definition) is 3. The minimum Gasteiger partial charge on any atom is -0.378 e. The number of aliphatic hydroxyl groups is 2. The van der Waals surface area contributed by atoms with Crippen LogP contribution in [0.2, 0.25) is 0 Å². The summed E-state index contributed by atoms with van der Waals surface area (Å²) in [6.07, 6.45) is 11.4. The van der Waals surface area contributed by atoms with Crippen LogP contribution < -0.4 is 5.32 Å². The van der Waals surface area contributed by atoms with E-state index in [0.717, 1.165) is 45.1 Å². The Hall–Kier alpha value is -0.130. The van der Waals surface area contributed by atoms with Crippen molar-refractivity contribution in [2.24, 2.45) is 11.8 Å². The van der Waals surface area contributed by atoms with Crippen molar-refractivity contribution in [1.29, 1.82) is 0 Å². The molecule has 4 nitrogen and oxygen atoms in total. The summed E-state index contributed by atoms with van der Waals surface area (Å²) in [5.41, 5.74) is 1.46. The number of nitrogens with one attached hydrogen (secondary N) is 1. The Morgan fingerprint density at radius 1 is 1.06 bits per heavy atom. The summed E-state index contributed by atoms with van der Waals surface area (Å²) in [6, 6.07) is 0. The monoisotopic (exact) mass is 474 g/mol. The van der Waals surface area contributed by atoms with Crippen LogP contribution in [0.25, 0.3) is 0 Å². The van der Waals surface area contributed by atoms with E-state index >= 15 is 0 Å². The van der Waals surface area contributed by atoms with Crippen molar-refractivity contribution in [2.75, 3.05) is 13.1 Å². The molecule has 3 aliphatic rings. The minimum atomic E-state index is -0.555. The van der Waals surface area contributed by atoms with E-state index in [-0.39, 0.29) is 10.9 Å². The summed E-state index contributed by atoms with van der Waals surface area (Å²) in [5, 5.41) is 24.5. The summed E-state index contributed by atoms with van der Waals surface area (Å²) in [6.45, 7) is 18.1. The first-order chi connectivity index (χ1) is 15.3. The largest absolute Gasteiger partial charge is 0.378 e. The maximum Gasteiger partial charge on any atom is 0.120 e. The zero-order valence-corrected chi connectivity index (χ0v) is 23.2. The Morgan fingerprint density at radius 2 is 1.62 bits per heavy atom. The summed E-state index contributed by atoms with van der Waals surface area (Å²) in [4.78, 5) is 2.21. The molecule has 0 aromatic heterocycles. The molecule has 32 heavy (non-hydrogen) atoms. The second-order valence-electron chi connectivity index (χ2n) is 9.42. The predicted octanol–water partition coefficient (Wildman–Crippen LogP) is 6.69. The van der Waals surface area contributed by atoms with Crippen LogP contribution in [0.5, 0.6) is 0 Å². The molecule has 192 valence electrons. The van der Waals surface area contributed by atoms with E-state index in [1.807, 2.05) is 27.7 Å². The van der Waals surface area contributed by atoms with Gasteiger partial charge in [-0.15, -0.1) is 11.6 Å². The fourth-order valence-electron chi connectivity index (χ4n) is 5.20. The summed E-state index contributed by atoms with van der Waals surface area (Å²) in [5.74, 6) is 0.841. The zero-order valence-electron chi connectivity index (χ0n) is 22.5. The molecule has 1 saturated carbocycles. The van der Waals surface area contributed by atoms with Crippen LogP contribution in [0.15, 0.2) is 11.6 Å². The lowest BCUT2D eigenvalue weighted by Gasteiger charge is -2.41. The van der Waals surface area contributed by atoms with Crippen LogP contribution >= 0.6 is 11.6 Å². The molecule has 0 spiro atoms. The van der Waals surface area contributed by atoms with E-state index in [1.54, 1.807) is 0 Å². The Bertz CT molecular complexity index is 492. The van der Waals surface area contributed by atoms with Crippen molar-refractivity contribution >= 4 is 11.6 Å². The fourth-order valence-corrected chi connectivity index (χ4v) is 5.40. The number of allylic oxidation sites excluding steroid dienone is 1. The van der Waals surface area contributed by atoms with E-state index in [2.05, 4.69) is 44.0 Å². The van der Waals surface area contributed by atoms with Gasteiger partial charge in [0.05, 0.1) is 0 Å². The van der Waals surface area contributed by atoms with Crippen LogP contribution in [0.4, 0.5) is 0 Å². The van der Waals surface area contributed by atoms with Gasteiger partial charge in [0.15, 0.2) is 0 Å². The molecule has 0 bridgehead atoms. The SMILES string of the molecule is CC.CC.CC1(C)C(C2=CCC(Cl)CC2)CCN1C(O)CNC(O)C1CCCC1.CCC. The number of alkyl halides is 1. The van der Waals surface area contributed by atoms with E-state index in [1.165, 1.54) is 24.8 Å². The molecule has 1 heterocycles. The first kappa shape index (κ1) is 31.9. The van der Waals surface area contributed by atoms with Crippen molar-refractivity contribution in [1.82, 2.24) is 10.2 Å². The number of aliphatic hydroxyl groups excluding tert-OH is 2. The van der Waals surface area contributed by atoms with Crippen LogP contribution in [0, 0.1) is 11.8 Å². The summed E-state index contributed by atoms with van der Waals surface area (Å²) < 4.78 is 0. The Balaban J connectivity index is 0.00000124. The highest BCUT2D eigenvalue weighted by Gasteiger charge is 2.45. The average molecular weight is 475 g/mol. The van der Waals surface area contributed by atoms with Gasteiger partial charge < -0.3 is 10.2 Å². The van der Waals surface area contributed by atoms with Crippen LogP contribution in [-0.4, -0.2) is 51.6 Å². The van der Waals surface area contributed by atoms with Gasteiger partial charge in [0, 0.05) is 24.0 Å². The van der Waals surface area contributed by atoms with Crippen molar-refractivity contribution in [3.63, 3.8) is 0 Å². The first-order valence-electron chi connectivity index (χ1n) is 13.5. The zero-order chi connectivity index (χ0) is 24.7. The predicted molar refractivity (Wildman–Crippen MR) is 141 cm³/mol. The van der Waals surface area contributed by atoms with Crippen LogP contribution in [-0.2, 0) is 0 Å². The quantitative estimate of drug-likeness (QED) is 0.228. The third-order valence-electron chi connectivity index (χ3n) is 6.80. The lowest BCUT2D eigenvalue weighted by molar-refractivity contribution is -0.0498. The van der Waals surface area contributed by atoms with Crippen molar-refractivity contribution in [3.05, 3.63) is 11.6 Å². The summed E-state index contributed by atoms with van der Waals surface area (Å²) in [7, 11) is 0. The number of rotatable bonds is 6. The van der Waals surface area contributed by atoms with Gasteiger partial charge in [-0.3, -0.25) is 10.2 Å². The second kappa shape index (κ2) is 17.3. The standard InChI is InChI=1S/C20H35ClN2O2.C3H8.2C2H6/c1-20(2)17(14-7-9-16(21)10-8-14)11-12-23(20)18(24)13-22-19(25)15-5-3-4-6-15;1-3-2;2*1-2/h7,15-19,22,24-25H,3-6,8-13H2,1-2H3;3H2,1-2H3;2*1-2H3. The molecule has 2 fully saturated rings. The van der Waals surface area contributed by atoms with Gasteiger partial charge >= 0.3 is 0 Å². The highest BCUT2D eigenvalue weighted by Crippen LogP contribution is 2.43. The molecule has 3 N–H and O–H groups in total. The van der Waals surface area contributed by atoms with Crippen molar-refractivity contribution in [3.8, 4) is 0 Å². The Labute approximate surface area is 205 Å². The molecule has 5 heteroatoms. The van der Waals surface area contributed by atoms with Crippen LogP contribution in [0.1, 0.15) is 113 Å². The lowest BCUT2D eigenvalue weighted by Crippen LogP contribution is -2.53. The third kappa shape index (κ3) is 9.62. The number of likely N-dealkylation sites (tertiary alicyclic amines) is 1. The molecule has 1 saturated heterocycles. The number of hydrogen-bond acceptors (Lipinski definition) is 4. The topological polar surface area (TPSA) is 55.7 Å². The molecule has 3 rings (SSSR count). The normalized spacial score (nSPS) is 27.0. The van der Waals surface area contributed by atoms with Gasteiger partial charge in [-0.1, -0.05) is 72.5 Å². The summed E-state index contributed by atoms with van der Waals surface area (Å²) >= 11 is 6.24. The maximum atomic E-state index is 10.7. The smallest absolute Gasteiger partial charge is 0.120 e. The number of halogens is 1. The molecule has 0 aromatic carbocycles. The van der Waals surface area contributed by atoms with Gasteiger partial charge in [0.2, 0.25) is 0 Å². The lowest BCUT2D eigenvalue weighted by atomic mass is 9.78. The molecule has 4 unspecified atom stereocenters. The first-order valence-corrected chi connectivity index (χ1v) is 13.9. The molecular weight excluding hydrogens is 420 g/mol. The fraction of sp³-hybridized carbons (Fsp3) is 0.926. The molecule has 4 atom stereocenters. The van der Waals surface area contributed by atoms with E-state index in [0.29, 0.717) is 18.4 Å². The third-order valence-corrected chi connectivity index (χ3v) is 7.19. The number of nitrogens with zero attached hydrogens (tertiary/aromatic N) is 1. The molecule has 0 radical (unpaired) electrons. The maximum absolute atomic E-state index is 10.7. The highest BCUT2D eigenvalue weighted by molar-refractivity contribution is 6.20. The van der Waals surface area contributed by atoms with Gasteiger partial charge in [-0.2, -0.15) is 0 Å². The van der Waals surface area contributed by atoms with Gasteiger partial charge in [0.1, 0.15) is 12.5 Å². The van der Waals surface area contributed by atoms with E-state index < -0.39 is 12.5 Å².